The number of aromatic nitrogens is 3. The third-order valence-electron chi connectivity index (χ3n) is 1.92. The van der Waals surface area contributed by atoms with Crippen molar-refractivity contribution in [1.82, 2.24) is 14.8 Å². The minimum atomic E-state index is -0.988. The summed E-state index contributed by atoms with van der Waals surface area (Å²) in [4.78, 5) is 4.01. The van der Waals surface area contributed by atoms with Gasteiger partial charge in [0.05, 0.1) is 5.88 Å². The zero-order chi connectivity index (χ0) is 11.3. The van der Waals surface area contributed by atoms with Crippen LogP contribution in [0.4, 0.5) is 0 Å². The molecule has 0 N–H and O–H groups in total. The van der Waals surface area contributed by atoms with Crippen LogP contribution in [-0.2, 0) is 17.3 Å². The molecule has 0 amide bonds. The van der Waals surface area contributed by atoms with Crippen molar-refractivity contribution in [1.29, 1.82) is 0 Å². The average Bonchev–Trinajstić information content (AvgIpc) is 2.59. The molecule has 0 aliphatic rings. The van der Waals surface area contributed by atoms with E-state index in [0.717, 1.165) is 6.61 Å². The van der Waals surface area contributed by atoms with E-state index >= 15 is 0 Å². The third-order valence-corrected chi connectivity index (χ3v) is 3.87. The summed E-state index contributed by atoms with van der Waals surface area (Å²) in [7, 11) is -0.988. The highest BCUT2D eigenvalue weighted by Crippen LogP contribution is 2.07. The second kappa shape index (κ2) is 5.63. The van der Waals surface area contributed by atoms with Crippen LogP contribution in [0.3, 0.4) is 0 Å². The Kier molecular flexibility index (Phi) is 4.75. The van der Waals surface area contributed by atoms with Crippen molar-refractivity contribution >= 4 is 19.7 Å². The van der Waals surface area contributed by atoms with E-state index in [2.05, 4.69) is 29.7 Å². The quantitative estimate of drug-likeness (QED) is 0.440. The molecule has 1 aromatic rings. The Morgan fingerprint density at radius 2 is 2.20 bits per heavy atom. The fourth-order valence-electron chi connectivity index (χ4n) is 0.993. The third kappa shape index (κ3) is 5.29. The SMILES string of the molecule is C[Si](C)(C)CCOCn1cnc(CCl)n1. The second-order valence-corrected chi connectivity index (χ2v) is 10.6. The molecule has 1 heterocycles. The number of halogens is 1. The van der Waals surface area contributed by atoms with Crippen molar-refractivity contribution in [2.45, 2.75) is 38.3 Å². The van der Waals surface area contributed by atoms with Crippen LogP contribution in [0.5, 0.6) is 0 Å². The van der Waals surface area contributed by atoms with E-state index in [1.807, 2.05) is 0 Å². The minimum Gasteiger partial charge on any atom is -0.359 e. The highest BCUT2D eigenvalue weighted by Gasteiger charge is 2.11. The van der Waals surface area contributed by atoms with Gasteiger partial charge in [-0.05, 0) is 6.04 Å². The maximum absolute atomic E-state index is 5.59. The Labute approximate surface area is 96.6 Å². The topological polar surface area (TPSA) is 39.9 Å². The highest BCUT2D eigenvalue weighted by molar-refractivity contribution is 6.76. The summed E-state index contributed by atoms with van der Waals surface area (Å²) in [6.07, 6.45) is 1.65. The Morgan fingerprint density at radius 3 is 2.73 bits per heavy atom. The molecular formula is C9H18ClN3OSi. The molecule has 0 aromatic carbocycles. The number of hydrogen-bond acceptors (Lipinski definition) is 3. The van der Waals surface area contributed by atoms with Gasteiger partial charge >= 0.3 is 0 Å². The summed E-state index contributed by atoms with van der Waals surface area (Å²) in [5, 5.41) is 4.12. The first kappa shape index (κ1) is 12.7. The predicted molar refractivity (Wildman–Crippen MR) is 63.7 cm³/mol. The summed E-state index contributed by atoms with van der Waals surface area (Å²) in [6, 6.07) is 1.17. The van der Waals surface area contributed by atoms with Gasteiger partial charge in [0.1, 0.15) is 13.1 Å². The van der Waals surface area contributed by atoms with E-state index < -0.39 is 8.07 Å². The maximum atomic E-state index is 5.59. The average molecular weight is 248 g/mol. The zero-order valence-corrected chi connectivity index (χ0v) is 11.3. The summed E-state index contributed by atoms with van der Waals surface area (Å²) in [6.45, 7) is 8.26. The molecule has 1 rings (SSSR count). The smallest absolute Gasteiger partial charge is 0.165 e. The number of hydrogen-bond donors (Lipinski definition) is 0. The largest absolute Gasteiger partial charge is 0.359 e. The van der Waals surface area contributed by atoms with Crippen LogP contribution >= 0.6 is 11.6 Å². The molecule has 0 unspecified atom stereocenters. The first-order valence-electron chi connectivity index (χ1n) is 5.03. The molecule has 6 heteroatoms. The lowest BCUT2D eigenvalue weighted by atomic mass is 10.7. The molecule has 0 aliphatic carbocycles. The van der Waals surface area contributed by atoms with Gasteiger partial charge in [0.2, 0.25) is 0 Å². The number of nitrogens with zero attached hydrogens (tertiary/aromatic N) is 3. The number of alkyl halides is 1. The van der Waals surface area contributed by atoms with Crippen LogP contribution in [0.25, 0.3) is 0 Å². The van der Waals surface area contributed by atoms with Crippen LogP contribution in [0.2, 0.25) is 25.7 Å². The first-order chi connectivity index (χ1) is 7.01. The van der Waals surface area contributed by atoms with E-state index in [-0.39, 0.29) is 0 Å². The molecule has 0 radical (unpaired) electrons. The summed E-state index contributed by atoms with van der Waals surface area (Å²) in [5.74, 6) is 0.993. The summed E-state index contributed by atoms with van der Waals surface area (Å²) in [5.41, 5.74) is 0. The van der Waals surface area contributed by atoms with Crippen molar-refractivity contribution in [3.05, 3.63) is 12.2 Å². The van der Waals surface area contributed by atoms with Gasteiger partial charge in [-0.2, -0.15) is 5.10 Å². The van der Waals surface area contributed by atoms with Gasteiger partial charge in [-0.3, -0.25) is 0 Å². The normalized spacial score (nSPS) is 12.0. The van der Waals surface area contributed by atoms with Crippen LogP contribution in [0.15, 0.2) is 6.33 Å². The Morgan fingerprint density at radius 1 is 1.47 bits per heavy atom. The van der Waals surface area contributed by atoms with E-state index in [1.54, 1.807) is 11.0 Å². The molecule has 0 aliphatic heterocycles. The molecule has 0 atom stereocenters. The summed E-state index contributed by atoms with van der Waals surface area (Å²) >= 11 is 5.59. The second-order valence-electron chi connectivity index (χ2n) is 4.68. The molecular weight excluding hydrogens is 230 g/mol. The molecule has 1 aromatic heterocycles. The van der Waals surface area contributed by atoms with Gasteiger partial charge in [0.25, 0.3) is 0 Å². The molecule has 0 fully saturated rings. The Balaban J connectivity index is 2.20. The lowest BCUT2D eigenvalue weighted by Crippen LogP contribution is -2.22. The molecule has 86 valence electrons. The van der Waals surface area contributed by atoms with Crippen LogP contribution in [0.1, 0.15) is 5.82 Å². The number of rotatable bonds is 6. The Hall–Kier alpha value is -0.393. The molecule has 4 nitrogen and oxygen atoms in total. The lowest BCUT2D eigenvalue weighted by Gasteiger charge is -2.15. The fourth-order valence-corrected chi connectivity index (χ4v) is 1.87. The van der Waals surface area contributed by atoms with Crippen molar-refractivity contribution in [2.75, 3.05) is 6.61 Å². The first-order valence-corrected chi connectivity index (χ1v) is 9.27. The predicted octanol–water partition coefficient (Wildman–Crippen LogP) is 2.33. The van der Waals surface area contributed by atoms with Crippen LogP contribution < -0.4 is 0 Å². The Bertz CT molecular complexity index is 298. The molecule has 0 bridgehead atoms. The summed E-state index contributed by atoms with van der Waals surface area (Å²) < 4.78 is 7.17. The minimum absolute atomic E-state index is 0.349. The van der Waals surface area contributed by atoms with Gasteiger partial charge in [-0.1, -0.05) is 19.6 Å². The fraction of sp³-hybridized carbons (Fsp3) is 0.778. The molecule has 0 saturated carbocycles. The van der Waals surface area contributed by atoms with Crippen LogP contribution in [0, 0.1) is 0 Å². The van der Waals surface area contributed by atoms with Crippen molar-refractivity contribution in [3.63, 3.8) is 0 Å². The van der Waals surface area contributed by atoms with Gasteiger partial charge in [0.15, 0.2) is 5.82 Å². The van der Waals surface area contributed by atoms with Crippen LogP contribution in [-0.4, -0.2) is 29.4 Å². The lowest BCUT2D eigenvalue weighted by molar-refractivity contribution is 0.0781. The van der Waals surface area contributed by atoms with E-state index in [1.165, 1.54) is 6.04 Å². The van der Waals surface area contributed by atoms with Crippen molar-refractivity contribution < 1.29 is 4.74 Å². The highest BCUT2D eigenvalue weighted by atomic mass is 35.5. The standard InChI is InChI=1S/C9H18ClN3OSi/c1-15(2,3)5-4-14-8-13-7-11-9(6-10)12-13/h7H,4-6,8H2,1-3H3. The van der Waals surface area contributed by atoms with E-state index in [0.29, 0.717) is 18.4 Å². The zero-order valence-electron chi connectivity index (χ0n) is 9.53. The molecule has 15 heavy (non-hydrogen) atoms. The van der Waals surface area contributed by atoms with Gasteiger partial charge in [0, 0.05) is 14.7 Å². The van der Waals surface area contributed by atoms with Crippen molar-refractivity contribution in [3.8, 4) is 0 Å². The van der Waals surface area contributed by atoms with E-state index in [9.17, 15) is 0 Å². The van der Waals surface area contributed by atoms with E-state index in [4.69, 9.17) is 16.3 Å². The van der Waals surface area contributed by atoms with Gasteiger partial charge in [-0.25, -0.2) is 9.67 Å². The molecule has 0 spiro atoms. The maximum Gasteiger partial charge on any atom is 0.165 e. The van der Waals surface area contributed by atoms with Gasteiger partial charge in [-0.15, -0.1) is 11.6 Å². The monoisotopic (exact) mass is 247 g/mol. The van der Waals surface area contributed by atoms with Gasteiger partial charge < -0.3 is 4.74 Å². The van der Waals surface area contributed by atoms with Crippen molar-refractivity contribution in [2.24, 2.45) is 0 Å². The molecule has 0 saturated heterocycles. The number of ether oxygens (including phenoxy) is 1.